The summed E-state index contributed by atoms with van der Waals surface area (Å²) in [5, 5.41) is 18.0. The van der Waals surface area contributed by atoms with Crippen LogP contribution >= 0.6 is 0 Å². The summed E-state index contributed by atoms with van der Waals surface area (Å²) in [5.74, 6) is -1.45. The Hall–Kier alpha value is -2.49. The van der Waals surface area contributed by atoms with Crippen LogP contribution in [0.1, 0.15) is 69.1 Å². The SMILES string of the molecule is CC(=O)O.CC(=O)O.N[C@H]1CC[C@@H](C(=O)NCc2ccc3c(c2)CCCC3)CN(C2CCOCC2)C1. The average molecular weight is 506 g/mol. The van der Waals surface area contributed by atoms with E-state index in [-0.39, 0.29) is 17.9 Å². The Morgan fingerprint density at radius 1 is 0.972 bits per heavy atom. The van der Waals surface area contributed by atoms with Crippen molar-refractivity contribution in [2.45, 2.75) is 83.8 Å². The van der Waals surface area contributed by atoms with Crippen molar-refractivity contribution in [1.82, 2.24) is 10.2 Å². The Morgan fingerprint density at radius 2 is 1.58 bits per heavy atom. The number of likely N-dealkylation sites (tertiary alicyclic amines) is 1. The molecular formula is C27H43N3O6. The maximum Gasteiger partial charge on any atom is 0.300 e. The van der Waals surface area contributed by atoms with E-state index >= 15 is 0 Å². The zero-order chi connectivity index (χ0) is 26.5. The zero-order valence-electron chi connectivity index (χ0n) is 21.7. The highest BCUT2D eigenvalue weighted by Gasteiger charge is 2.31. The maximum atomic E-state index is 12.9. The lowest BCUT2D eigenvalue weighted by molar-refractivity contribution is -0.135. The standard InChI is InChI=1S/C23H35N3O2.2C2H4O2/c24-21-8-7-20(15-26(16-21)22-9-11-28-12-10-22)23(27)25-14-17-5-6-18-3-1-2-4-19(18)13-17;2*1-2(3)4/h5-6,13,20-22H,1-4,7-12,14-16,24H2,(H,25,27);2*1H3,(H,3,4)/t20-,21+;;/m1../s1. The van der Waals surface area contributed by atoms with Gasteiger partial charge in [-0.25, -0.2) is 0 Å². The maximum absolute atomic E-state index is 12.9. The van der Waals surface area contributed by atoms with Crippen LogP contribution in [-0.4, -0.2) is 71.3 Å². The third-order valence-corrected chi connectivity index (χ3v) is 6.77. The highest BCUT2D eigenvalue weighted by atomic mass is 16.5. The van der Waals surface area contributed by atoms with Gasteiger partial charge in [0.05, 0.1) is 5.92 Å². The molecule has 0 bridgehead atoms. The first kappa shape index (κ1) is 29.7. The van der Waals surface area contributed by atoms with Crippen LogP contribution in [-0.2, 0) is 38.5 Å². The van der Waals surface area contributed by atoms with Gasteiger partial charge < -0.3 is 26.0 Å². The number of carboxylic acid groups (broad SMARTS) is 2. The minimum atomic E-state index is -0.833. The molecule has 202 valence electrons. The van der Waals surface area contributed by atoms with Gasteiger partial charge in [0.25, 0.3) is 11.9 Å². The first-order chi connectivity index (χ1) is 17.2. The summed E-state index contributed by atoms with van der Waals surface area (Å²) in [6.45, 7) is 6.18. The molecule has 2 saturated heterocycles. The van der Waals surface area contributed by atoms with Crippen LogP contribution in [0.3, 0.4) is 0 Å². The van der Waals surface area contributed by atoms with Crippen LogP contribution in [0.25, 0.3) is 0 Å². The fraction of sp³-hybridized carbons (Fsp3) is 0.667. The second kappa shape index (κ2) is 15.6. The molecule has 5 N–H and O–H groups in total. The van der Waals surface area contributed by atoms with E-state index in [4.69, 9.17) is 30.3 Å². The number of hydrogen-bond donors (Lipinski definition) is 4. The molecule has 4 rings (SSSR count). The molecule has 0 radical (unpaired) electrons. The molecule has 0 saturated carbocycles. The zero-order valence-corrected chi connectivity index (χ0v) is 21.7. The highest BCUT2D eigenvalue weighted by molar-refractivity contribution is 5.79. The number of benzene rings is 1. The molecule has 0 aromatic heterocycles. The van der Waals surface area contributed by atoms with E-state index in [1.54, 1.807) is 0 Å². The second-order valence-corrected chi connectivity index (χ2v) is 9.90. The van der Waals surface area contributed by atoms with Crippen LogP contribution in [0, 0.1) is 5.92 Å². The van der Waals surface area contributed by atoms with Crippen molar-refractivity contribution in [3.8, 4) is 0 Å². The molecule has 3 aliphatic rings. The molecule has 1 amide bonds. The molecule has 9 nitrogen and oxygen atoms in total. The highest BCUT2D eigenvalue weighted by Crippen LogP contribution is 2.24. The molecule has 1 aliphatic carbocycles. The normalized spacial score (nSPS) is 22.4. The van der Waals surface area contributed by atoms with Crippen molar-refractivity contribution >= 4 is 17.8 Å². The van der Waals surface area contributed by atoms with Crippen LogP contribution < -0.4 is 11.1 Å². The number of carboxylic acids is 2. The van der Waals surface area contributed by atoms with Gasteiger partial charge in [-0.15, -0.1) is 0 Å². The van der Waals surface area contributed by atoms with Gasteiger partial charge in [-0.2, -0.15) is 0 Å². The number of aryl methyl sites for hydroxylation is 2. The Labute approximate surface area is 214 Å². The van der Waals surface area contributed by atoms with Crippen LogP contribution in [0.5, 0.6) is 0 Å². The summed E-state index contributed by atoms with van der Waals surface area (Å²) in [6, 6.07) is 7.41. The average Bonchev–Trinajstić information content (AvgIpc) is 3.04. The summed E-state index contributed by atoms with van der Waals surface area (Å²) >= 11 is 0. The van der Waals surface area contributed by atoms with Gasteiger partial charge in [-0.1, -0.05) is 18.2 Å². The molecule has 2 heterocycles. The number of nitrogens with one attached hydrogen (secondary N) is 1. The van der Waals surface area contributed by atoms with E-state index in [1.165, 1.54) is 42.4 Å². The molecule has 2 aliphatic heterocycles. The number of rotatable bonds is 4. The molecular weight excluding hydrogens is 462 g/mol. The second-order valence-electron chi connectivity index (χ2n) is 9.90. The smallest absolute Gasteiger partial charge is 0.300 e. The van der Waals surface area contributed by atoms with Gasteiger partial charge in [0.2, 0.25) is 5.91 Å². The fourth-order valence-electron chi connectivity index (χ4n) is 5.05. The Bertz CT molecular complexity index is 836. The first-order valence-corrected chi connectivity index (χ1v) is 13.0. The summed E-state index contributed by atoms with van der Waals surface area (Å²) in [5.41, 5.74) is 10.5. The van der Waals surface area contributed by atoms with Gasteiger partial charge in [0.1, 0.15) is 0 Å². The topological polar surface area (TPSA) is 142 Å². The quantitative estimate of drug-likeness (QED) is 0.489. The molecule has 2 atom stereocenters. The summed E-state index contributed by atoms with van der Waals surface area (Å²) < 4.78 is 5.51. The number of fused-ring (bicyclic) bond motifs is 1. The molecule has 2 fully saturated rings. The van der Waals surface area contributed by atoms with E-state index in [2.05, 4.69) is 28.4 Å². The predicted octanol–water partition coefficient (Wildman–Crippen LogP) is 2.58. The monoisotopic (exact) mass is 505 g/mol. The molecule has 0 unspecified atom stereocenters. The third-order valence-electron chi connectivity index (χ3n) is 6.77. The van der Waals surface area contributed by atoms with Gasteiger partial charge in [0, 0.05) is 58.8 Å². The van der Waals surface area contributed by atoms with Gasteiger partial charge in [-0.3, -0.25) is 19.3 Å². The molecule has 0 spiro atoms. The number of carbonyl (C=O) groups is 3. The Morgan fingerprint density at radius 3 is 2.22 bits per heavy atom. The van der Waals surface area contributed by atoms with Crippen molar-refractivity contribution < 1.29 is 29.3 Å². The van der Waals surface area contributed by atoms with Crippen LogP contribution in [0.15, 0.2) is 18.2 Å². The largest absolute Gasteiger partial charge is 0.481 e. The summed E-state index contributed by atoms with van der Waals surface area (Å²) in [6.07, 6.45) is 8.88. The minimum absolute atomic E-state index is 0.0361. The van der Waals surface area contributed by atoms with E-state index in [9.17, 15) is 4.79 Å². The number of nitrogens with two attached hydrogens (primary N) is 1. The Kier molecular flexibility index (Phi) is 12.9. The van der Waals surface area contributed by atoms with Crippen molar-refractivity contribution in [3.63, 3.8) is 0 Å². The van der Waals surface area contributed by atoms with Gasteiger partial charge >= 0.3 is 0 Å². The molecule has 9 heteroatoms. The number of ether oxygens (including phenoxy) is 1. The predicted molar refractivity (Wildman–Crippen MR) is 138 cm³/mol. The van der Waals surface area contributed by atoms with Crippen LogP contribution in [0.4, 0.5) is 0 Å². The number of nitrogens with zero attached hydrogens (tertiary/aromatic N) is 1. The minimum Gasteiger partial charge on any atom is -0.481 e. The number of aliphatic carboxylic acids is 2. The molecule has 36 heavy (non-hydrogen) atoms. The van der Waals surface area contributed by atoms with Gasteiger partial charge in [0.15, 0.2) is 0 Å². The van der Waals surface area contributed by atoms with Crippen LogP contribution in [0.2, 0.25) is 0 Å². The van der Waals surface area contributed by atoms with Crippen molar-refractivity contribution in [2.75, 3.05) is 26.3 Å². The van der Waals surface area contributed by atoms with E-state index in [0.717, 1.165) is 65.8 Å². The summed E-state index contributed by atoms with van der Waals surface area (Å²) in [4.78, 5) is 33.4. The number of carbonyl (C=O) groups excluding carboxylic acids is 1. The van der Waals surface area contributed by atoms with E-state index in [1.807, 2.05) is 0 Å². The lowest BCUT2D eigenvalue weighted by Crippen LogP contribution is -2.47. The molecule has 1 aromatic rings. The summed E-state index contributed by atoms with van der Waals surface area (Å²) in [7, 11) is 0. The first-order valence-electron chi connectivity index (χ1n) is 13.0. The van der Waals surface area contributed by atoms with Crippen molar-refractivity contribution in [1.29, 1.82) is 0 Å². The number of hydrogen-bond acceptors (Lipinski definition) is 6. The lowest BCUT2D eigenvalue weighted by atomic mass is 9.90. The molecule has 1 aromatic carbocycles. The van der Waals surface area contributed by atoms with E-state index < -0.39 is 11.9 Å². The van der Waals surface area contributed by atoms with Gasteiger partial charge in [-0.05, 0) is 68.1 Å². The number of amides is 1. The Balaban J connectivity index is 0.000000501. The lowest BCUT2D eigenvalue weighted by Gasteiger charge is -2.35. The third kappa shape index (κ3) is 11.1. The van der Waals surface area contributed by atoms with Crippen molar-refractivity contribution in [3.05, 3.63) is 34.9 Å². The van der Waals surface area contributed by atoms with Crippen molar-refractivity contribution in [2.24, 2.45) is 11.7 Å². The van der Waals surface area contributed by atoms with E-state index in [0.29, 0.717) is 12.6 Å². The fourth-order valence-corrected chi connectivity index (χ4v) is 5.05.